The summed E-state index contributed by atoms with van der Waals surface area (Å²) >= 11 is 0. The third-order valence-corrected chi connectivity index (χ3v) is 4.21. The van der Waals surface area contributed by atoms with Crippen LogP contribution in [0.1, 0.15) is 56.7 Å². The molecule has 0 unspecified atom stereocenters. The van der Waals surface area contributed by atoms with Gasteiger partial charge in [0, 0.05) is 30.9 Å². The van der Waals surface area contributed by atoms with Crippen molar-refractivity contribution in [2.24, 2.45) is 0 Å². The molecule has 0 spiro atoms. The molecule has 1 aromatic heterocycles. The molecule has 0 aliphatic heterocycles. The maximum Gasteiger partial charge on any atom is 0.129 e. The van der Waals surface area contributed by atoms with Gasteiger partial charge in [0.15, 0.2) is 0 Å². The molecule has 0 atom stereocenters. The average molecular weight is 273 g/mol. The first-order valence-electron chi connectivity index (χ1n) is 8.24. The highest BCUT2D eigenvalue weighted by Crippen LogP contribution is 2.31. The predicted octanol–water partition coefficient (Wildman–Crippen LogP) is 3.41. The molecule has 0 bridgehead atoms. The molecule has 0 saturated heterocycles. The van der Waals surface area contributed by atoms with Crippen LogP contribution in [0.3, 0.4) is 0 Å². The number of aryl methyl sites for hydroxylation is 1. The summed E-state index contributed by atoms with van der Waals surface area (Å²) in [5.74, 6) is 1.20. The Bertz CT molecular complexity index is 450. The summed E-state index contributed by atoms with van der Waals surface area (Å²) in [5, 5.41) is 3.61. The fourth-order valence-electron chi connectivity index (χ4n) is 2.72. The average Bonchev–Trinajstić information content (AvgIpc) is 3.29. The van der Waals surface area contributed by atoms with Crippen LogP contribution in [0.15, 0.2) is 12.1 Å². The maximum atomic E-state index is 4.79. The molecule has 1 N–H and O–H groups in total. The highest BCUT2D eigenvalue weighted by atomic mass is 15.2. The molecule has 1 heterocycles. The van der Waals surface area contributed by atoms with Crippen molar-refractivity contribution in [3.8, 4) is 0 Å². The van der Waals surface area contributed by atoms with Crippen molar-refractivity contribution in [3.05, 3.63) is 23.4 Å². The monoisotopic (exact) mass is 273 g/mol. The molecule has 110 valence electrons. The lowest BCUT2D eigenvalue weighted by molar-refractivity contribution is 0.680. The van der Waals surface area contributed by atoms with E-state index in [2.05, 4.69) is 36.2 Å². The third-order valence-electron chi connectivity index (χ3n) is 4.21. The highest BCUT2D eigenvalue weighted by molar-refractivity contribution is 5.45. The van der Waals surface area contributed by atoms with Crippen molar-refractivity contribution in [2.75, 3.05) is 11.4 Å². The van der Waals surface area contributed by atoms with E-state index < -0.39 is 0 Å². The second kappa shape index (κ2) is 6.13. The maximum absolute atomic E-state index is 4.79. The molecule has 2 saturated carbocycles. The fraction of sp³-hybridized carbons (Fsp3) is 0.706. The van der Waals surface area contributed by atoms with Crippen LogP contribution in [0, 0.1) is 6.92 Å². The first kappa shape index (κ1) is 13.9. The van der Waals surface area contributed by atoms with Gasteiger partial charge in [-0.3, -0.25) is 0 Å². The van der Waals surface area contributed by atoms with Crippen molar-refractivity contribution in [1.82, 2.24) is 10.3 Å². The van der Waals surface area contributed by atoms with E-state index in [-0.39, 0.29) is 0 Å². The van der Waals surface area contributed by atoms with Gasteiger partial charge in [0.1, 0.15) is 5.82 Å². The number of nitrogens with one attached hydrogen (secondary N) is 1. The van der Waals surface area contributed by atoms with E-state index in [1.807, 2.05) is 0 Å². The van der Waals surface area contributed by atoms with Gasteiger partial charge < -0.3 is 10.2 Å². The minimum atomic E-state index is 0.750. The quantitative estimate of drug-likeness (QED) is 0.786. The number of rotatable bonds is 8. The summed E-state index contributed by atoms with van der Waals surface area (Å²) in [5.41, 5.74) is 2.54. The Kier molecular flexibility index (Phi) is 4.25. The van der Waals surface area contributed by atoms with E-state index in [0.29, 0.717) is 0 Å². The Labute approximate surface area is 122 Å². The number of aromatic nitrogens is 1. The molecule has 0 radical (unpaired) electrons. The lowest BCUT2D eigenvalue weighted by Crippen LogP contribution is -2.28. The van der Waals surface area contributed by atoms with Crippen molar-refractivity contribution in [3.63, 3.8) is 0 Å². The molecule has 3 nitrogen and oxygen atoms in total. The van der Waals surface area contributed by atoms with Gasteiger partial charge in [0.2, 0.25) is 0 Å². The SMILES string of the molecule is CCCCN(c1cc(CNC2CC2)cc(C)n1)C1CC1. The van der Waals surface area contributed by atoms with Crippen LogP contribution in [-0.4, -0.2) is 23.6 Å². The third kappa shape index (κ3) is 3.72. The number of anilines is 1. The van der Waals surface area contributed by atoms with Gasteiger partial charge in [0.25, 0.3) is 0 Å². The first-order chi connectivity index (χ1) is 9.76. The van der Waals surface area contributed by atoms with Crippen LogP contribution in [0.2, 0.25) is 0 Å². The summed E-state index contributed by atoms with van der Waals surface area (Å²) in [7, 11) is 0. The number of unbranched alkanes of at least 4 members (excludes halogenated alkanes) is 1. The van der Waals surface area contributed by atoms with Crippen LogP contribution in [0.25, 0.3) is 0 Å². The van der Waals surface area contributed by atoms with Gasteiger partial charge in [-0.1, -0.05) is 13.3 Å². The molecule has 2 aliphatic rings. The molecular weight excluding hydrogens is 246 g/mol. The molecule has 3 rings (SSSR count). The number of hydrogen-bond donors (Lipinski definition) is 1. The van der Waals surface area contributed by atoms with Crippen LogP contribution < -0.4 is 10.2 Å². The van der Waals surface area contributed by atoms with Gasteiger partial charge in [-0.15, -0.1) is 0 Å². The van der Waals surface area contributed by atoms with Gasteiger partial charge in [-0.05, 0) is 56.7 Å². The number of nitrogens with zero attached hydrogens (tertiary/aromatic N) is 2. The van der Waals surface area contributed by atoms with Crippen LogP contribution in [0.4, 0.5) is 5.82 Å². The zero-order valence-corrected chi connectivity index (χ0v) is 12.9. The van der Waals surface area contributed by atoms with Crippen LogP contribution >= 0.6 is 0 Å². The van der Waals surface area contributed by atoms with Crippen molar-refractivity contribution in [1.29, 1.82) is 0 Å². The van der Waals surface area contributed by atoms with Crippen LogP contribution in [0.5, 0.6) is 0 Å². The minimum absolute atomic E-state index is 0.750. The lowest BCUT2D eigenvalue weighted by atomic mass is 10.2. The summed E-state index contributed by atoms with van der Waals surface area (Å²) in [6.45, 7) is 6.54. The number of pyridine rings is 1. The normalized spacial score (nSPS) is 18.3. The molecular formula is C17H27N3. The Morgan fingerprint density at radius 1 is 1.25 bits per heavy atom. The van der Waals surface area contributed by atoms with Crippen molar-refractivity contribution >= 4 is 5.82 Å². The number of hydrogen-bond acceptors (Lipinski definition) is 3. The van der Waals surface area contributed by atoms with E-state index in [9.17, 15) is 0 Å². The topological polar surface area (TPSA) is 28.2 Å². The van der Waals surface area contributed by atoms with Gasteiger partial charge >= 0.3 is 0 Å². The van der Waals surface area contributed by atoms with Crippen LogP contribution in [-0.2, 0) is 6.54 Å². The molecule has 3 heteroatoms. The standard InChI is InChI=1S/C17H27N3/c1-3-4-9-20(16-7-8-16)17-11-14(10-13(2)19-17)12-18-15-5-6-15/h10-11,15-16,18H,3-9,12H2,1-2H3. The second-order valence-corrected chi connectivity index (χ2v) is 6.41. The van der Waals surface area contributed by atoms with E-state index in [1.54, 1.807) is 0 Å². The Balaban J connectivity index is 1.71. The zero-order valence-electron chi connectivity index (χ0n) is 12.9. The van der Waals surface area contributed by atoms with Crippen molar-refractivity contribution in [2.45, 2.75) is 71.0 Å². The zero-order chi connectivity index (χ0) is 13.9. The molecule has 20 heavy (non-hydrogen) atoms. The smallest absolute Gasteiger partial charge is 0.129 e. The minimum Gasteiger partial charge on any atom is -0.354 e. The summed E-state index contributed by atoms with van der Waals surface area (Å²) < 4.78 is 0. The fourth-order valence-corrected chi connectivity index (χ4v) is 2.72. The molecule has 2 aliphatic carbocycles. The second-order valence-electron chi connectivity index (χ2n) is 6.41. The molecule has 2 fully saturated rings. The summed E-state index contributed by atoms with van der Waals surface area (Å²) in [6.07, 6.45) is 7.90. The highest BCUT2D eigenvalue weighted by Gasteiger charge is 2.29. The molecule has 1 aromatic rings. The van der Waals surface area contributed by atoms with E-state index in [1.165, 1.54) is 49.9 Å². The molecule has 0 aromatic carbocycles. The summed E-state index contributed by atoms with van der Waals surface area (Å²) in [6, 6.07) is 6.05. The predicted molar refractivity (Wildman–Crippen MR) is 84.1 cm³/mol. The lowest BCUT2D eigenvalue weighted by Gasteiger charge is -2.24. The van der Waals surface area contributed by atoms with E-state index in [4.69, 9.17) is 4.98 Å². The van der Waals surface area contributed by atoms with Gasteiger partial charge in [-0.25, -0.2) is 4.98 Å². The van der Waals surface area contributed by atoms with E-state index >= 15 is 0 Å². The Morgan fingerprint density at radius 2 is 2.05 bits per heavy atom. The van der Waals surface area contributed by atoms with E-state index in [0.717, 1.165) is 30.9 Å². The van der Waals surface area contributed by atoms with Gasteiger partial charge in [0.05, 0.1) is 0 Å². The largest absolute Gasteiger partial charge is 0.354 e. The van der Waals surface area contributed by atoms with Crippen molar-refractivity contribution < 1.29 is 0 Å². The summed E-state index contributed by atoms with van der Waals surface area (Å²) in [4.78, 5) is 7.33. The Morgan fingerprint density at radius 3 is 2.70 bits per heavy atom. The molecule has 0 amide bonds. The Hall–Kier alpha value is -1.09. The first-order valence-corrected chi connectivity index (χ1v) is 8.24. The van der Waals surface area contributed by atoms with Gasteiger partial charge in [-0.2, -0.15) is 0 Å².